The van der Waals surface area contributed by atoms with Crippen molar-refractivity contribution in [2.75, 3.05) is 19.7 Å². The number of hydrogen-bond donors (Lipinski definition) is 1. The van der Waals surface area contributed by atoms with Crippen LogP contribution in [-0.2, 0) is 9.53 Å². The Morgan fingerprint density at radius 1 is 1.35 bits per heavy atom. The molecule has 2 aromatic rings. The number of amides is 1. The van der Waals surface area contributed by atoms with Crippen LogP contribution in [0.2, 0.25) is 0 Å². The van der Waals surface area contributed by atoms with Crippen molar-refractivity contribution in [1.82, 2.24) is 4.90 Å². The zero-order valence-electron chi connectivity index (χ0n) is 12.8. The van der Waals surface area contributed by atoms with Gasteiger partial charge in [0.15, 0.2) is 0 Å². The van der Waals surface area contributed by atoms with Gasteiger partial charge in [-0.15, -0.1) is 12.4 Å². The van der Waals surface area contributed by atoms with Crippen LogP contribution in [0.4, 0.5) is 0 Å². The van der Waals surface area contributed by atoms with E-state index in [0.717, 1.165) is 11.1 Å². The van der Waals surface area contributed by atoms with Crippen LogP contribution in [-0.4, -0.2) is 30.5 Å². The molecule has 2 unspecified atom stereocenters. The highest BCUT2D eigenvalue weighted by molar-refractivity contribution is 7.07. The zero-order valence-corrected chi connectivity index (χ0v) is 14.4. The van der Waals surface area contributed by atoms with Crippen LogP contribution in [0.5, 0.6) is 0 Å². The molecule has 1 aromatic carbocycles. The van der Waals surface area contributed by atoms with Crippen molar-refractivity contribution in [2.24, 2.45) is 5.73 Å². The van der Waals surface area contributed by atoms with Gasteiger partial charge >= 0.3 is 0 Å². The Morgan fingerprint density at radius 2 is 2.13 bits per heavy atom. The number of nitrogens with zero attached hydrogens (tertiary/aromatic N) is 1. The van der Waals surface area contributed by atoms with Gasteiger partial charge in [0.2, 0.25) is 5.91 Å². The number of benzene rings is 1. The first-order valence-electron chi connectivity index (χ1n) is 7.46. The van der Waals surface area contributed by atoms with Crippen LogP contribution in [0.1, 0.15) is 29.7 Å². The molecule has 2 N–H and O–H groups in total. The van der Waals surface area contributed by atoms with Gasteiger partial charge in [-0.3, -0.25) is 4.79 Å². The maximum atomic E-state index is 12.5. The maximum absolute atomic E-state index is 12.5. The third kappa shape index (κ3) is 4.54. The van der Waals surface area contributed by atoms with Crippen molar-refractivity contribution in [3.63, 3.8) is 0 Å². The largest absolute Gasteiger partial charge is 0.370 e. The minimum Gasteiger partial charge on any atom is -0.370 e. The molecule has 4 nitrogen and oxygen atoms in total. The lowest BCUT2D eigenvalue weighted by atomic mass is 10.0. The number of hydrogen-bond acceptors (Lipinski definition) is 4. The highest BCUT2D eigenvalue weighted by Crippen LogP contribution is 2.25. The Kier molecular flexibility index (Phi) is 6.59. The Balaban J connectivity index is 0.00000192. The summed E-state index contributed by atoms with van der Waals surface area (Å²) in [6.07, 6.45) is 0.317. The number of carbonyl (C=O) groups is 1. The Labute approximate surface area is 146 Å². The van der Waals surface area contributed by atoms with Crippen molar-refractivity contribution in [3.8, 4) is 0 Å². The lowest BCUT2D eigenvalue weighted by Crippen LogP contribution is -2.43. The molecule has 2 heterocycles. The van der Waals surface area contributed by atoms with E-state index in [1.807, 2.05) is 40.6 Å². The first kappa shape index (κ1) is 17.9. The summed E-state index contributed by atoms with van der Waals surface area (Å²) in [5, 5.41) is 4.11. The number of ether oxygens (including phenoxy) is 1. The highest BCUT2D eigenvalue weighted by Gasteiger charge is 2.26. The molecule has 1 fully saturated rings. The van der Waals surface area contributed by atoms with Crippen molar-refractivity contribution in [1.29, 1.82) is 0 Å². The molecular weight excluding hydrogens is 332 g/mol. The summed E-state index contributed by atoms with van der Waals surface area (Å²) < 4.78 is 5.77. The van der Waals surface area contributed by atoms with Gasteiger partial charge in [-0.1, -0.05) is 30.3 Å². The average molecular weight is 353 g/mol. The lowest BCUT2D eigenvalue weighted by Gasteiger charge is -2.33. The topological polar surface area (TPSA) is 55.6 Å². The van der Waals surface area contributed by atoms with Gasteiger partial charge < -0.3 is 15.4 Å². The molecule has 1 saturated heterocycles. The number of morpholine rings is 1. The molecule has 0 radical (unpaired) electrons. The van der Waals surface area contributed by atoms with Crippen molar-refractivity contribution >= 4 is 29.7 Å². The second kappa shape index (κ2) is 8.45. The van der Waals surface area contributed by atoms with Crippen LogP contribution in [0, 0.1) is 0 Å². The average Bonchev–Trinajstić information content (AvgIpc) is 3.10. The molecule has 3 rings (SSSR count). The number of thiophene rings is 1. The highest BCUT2D eigenvalue weighted by atomic mass is 35.5. The number of halogens is 1. The summed E-state index contributed by atoms with van der Waals surface area (Å²) in [6.45, 7) is 1.82. The zero-order chi connectivity index (χ0) is 15.4. The molecule has 1 aromatic heterocycles. The quantitative estimate of drug-likeness (QED) is 0.919. The van der Waals surface area contributed by atoms with Crippen molar-refractivity contribution < 1.29 is 9.53 Å². The number of carbonyl (C=O) groups excluding carboxylic acids is 1. The molecule has 0 aliphatic carbocycles. The van der Waals surface area contributed by atoms with E-state index in [2.05, 4.69) is 11.4 Å². The van der Waals surface area contributed by atoms with Gasteiger partial charge in [0.05, 0.1) is 13.2 Å². The van der Waals surface area contributed by atoms with E-state index in [-0.39, 0.29) is 30.5 Å². The molecule has 0 spiro atoms. The SMILES string of the molecule is Cl.NC(CC(=O)N1CCOC(c2ccsc2)C1)c1ccccc1. The summed E-state index contributed by atoms with van der Waals surface area (Å²) >= 11 is 1.65. The standard InChI is InChI=1S/C17H20N2O2S.ClH/c18-15(13-4-2-1-3-5-13)10-17(20)19-7-8-21-16(11-19)14-6-9-22-12-14;/h1-6,9,12,15-16H,7-8,10-11,18H2;1H. The van der Waals surface area contributed by atoms with E-state index in [1.165, 1.54) is 0 Å². The summed E-state index contributed by atoms with van der Waals surface area (Å²) in [6, 6.07) is 11.6. The van der Waals surface area contributed by atoms with E-state index >= 15 is 0 Å². The molecule has 1 aliphatic heterocycles. The van der Waals surface area contributed by atoms with E-state index in [4.69, 9.17) is 10.5 Å². The maximum Gasteiger partial charge on any atom is 0.224 e. The van der Waals surface area contributed by atoms with E-state index < -0.39 is 0 Å². The van der Waals surface area contributed by atoms with Crippen molar-refractivity contribution in [2.45, 2.75) is 18.6 Å². The lowest BCUT2D eigenvalue weighted by molar-refractivity contribution is -0.139. The minimum atomic E-state index is -0.254. The summed E-state index contributed by atoms with van der Waals surface area (Å²) in [5.41, 5.74) is 8.30. The van der Waals surface area contributed by atoms with Gasteiger partial charge in [0.25, 0.3) is 0 Å². The molecule has 1 amide bonds. The predicted octanol–water partition coefficient (Wildman–Crippen LogP) is 3.16. The monoisotopic (exact) mass is 352 g/mol. The van der Waals surface area contributed by atoms with Gasteiger partial charge in [-0.05, 0) is 28.0 Å². The molecule has 0 bridgehead atoms. The third-order valence-corrected chi connectivity index (χ3v) is 4.66. The third-order valence-electron chi connectivity index (χ3n) is 3.96. The van der Waals surface area contributed by atoms with Crippen LogP contribution >= 0.6 is 23.7 Å². The second-order valence-electron chi connectivity index (χ2n) is 5.48. The fourth-order valence-electron chi connectivity index (χ4n) is 2.67. The second-order valence-corrected chi connectivity index (χ2v) is 6.26. The fraction of sp³-hybridized carbons (Fsp3) is 0.353. The first-order chi connectivity index (χ1) is 10.7. The van der Waals surface area contributed by atoms with Crippen LogP contribution in [0.25, 0.3) is 0 Å². The smallest absolute Gasteiger partial charge is 0.224 e. The number of rotatable bonds is 4. The molecule has 23 heavy (non-hydrogen) atoms. The van der Waals surface area contributed by atoms with E-state index in [1.54, 1.807) is 11.3 Å². The molecular formula is C17H21ClN2O2S. The molecule has 1 aliphatic rings. The molecule has 124 valence electrons. The summed E-state index contributed by atoms with van der Waals surface area (Å²) in [4.78, 5) is 14.4. The van der Waals surface area contributed by atoms with Crippen molar-refractivity contribution in [3.05, 3.63) is 58.3 Å². The predicted molar refractivity (Wildman–Crippen MR) is 94.8 cm³/mol. The van der Waals surface area contributed by atoms with Crippen LogP contribution in [0.3, 0.4) is 0 Å². The summed E-state index contributed by atoms with van der Waals surface area (Å²) in [7, 11) is 0. The van der Waals surface area contributed by atoms with Crippen LogP contribution < -0.4 is 5.73 Å². The summed E-state index contributed by atoms with van der Waals surface area (Å²) in [5.74, 6) is 0.0971. The van der Waals surface area contributed by atoms with E-state index in [0.29, 0.717) is 26.1 Å². The van der Waals surface area contributed by atoms with Crippen LogP contribution in [0.15, 0.2) is 47.2 Å². The first-order valence-corrected chi connectivity index (χ1v) is 8.40. The minimum absolute atomic E-state index is 0. The van der Waals surface area contributed by atoms with Gasteiger partial charge in [0.1, 0.15) is 6.10 Å². The van der Waals surface area contributed by atoms with Gasteiger partial charge in [0, 0.05) is 19.0 Å². The Hall–Kier alpha value is -1.40. The van der Waals surface area contributed by atoms with Gasteiger partial charge in [-0.25, -0.2) is 0 Å². The normalized spacial score (nSPS) is 19.0. The Morgan fingerprint density at radius 3 is 2.83 bits per heavy atom. The molecule has 2 atom stereocenters. The van der Waals surface area contributed by atoms with Gasteiger partial charge in [-0.2, -0.15) is 11.3 Å². The van der Waals surface area contributed by atoms with E-state index in [9.17, 15) is 4.79 Å². The molecule has 0 saturated carbocycles. The Bertz CT molecular complexity index is 606. The number of nitrogens with two attached hydrogens (primary N) is 1. The molecule has 6 heteroatoms. The fourth-order valence-corrected chi connectivity index (χ4v) is 3.37.